The van der Waals surface area contributed by atoms with Crippen molar-refractivity contribution >= 4 is 0 Å². The zero-order chi connectivity index (χ0) is 10.4. The van der Waals surface area contributed by atoms with E-state index in [2.05, 4.69) is 19.2 Å². The van der Waals surface area contributed by atoms with Gasteiger partial charge in [0.1, 0.15) is 0 Å². The molecule has 0 aromatic heterocycles. The van der Waals surface area contributed by atoms with Crippen molar-refractivity contribution < 1.29 is 4.74 Å². The molecule has 0 heterocycles. The van der Waals surface area contributed by atoms with E-state index in [0.717, 1.165) is 12.5 Å². The van der Waals surface area contributed by atoms with Gasteiger partial charge in [-0.05, 0) is 32.6 Å². The molecule has 0 saturated heterocycles. The van der Waals surface area contributed by atoms with Crippen LogP contribution >= 0.6 is 0 Å². The summed E-state index contributed by atoms with van der Waals surface area (Å²) in [5.74, 6) is 0.892. The Morgan fingerprint density at radius 3 is 2.43 bits per heavy atom. The minimum absolute atomic E-state index is 0.483. The minimum atomic E-state index is 0.483. The van der Waals surface area contributed by atoms with E-state index < -0.39 is 0 Å². The number of methoxy groups -OCH3 is 1. The van der Waals surface area contributed by atoms with Crippen molar-refractivity contribution in [3.8, 4) is 0 Å². The molecule has 84 valence electrons. The van der Waals surface area contributed by atoms with Gasteiger partial charge in [-0.3, -0.25) is 0 Å². The summed E-state index contributed by atoms with van der Waals surface area (Å²) < 4.78 is 5.13. The van der Waals surface area contributed by atoms with Gasteiger partial charge < -0.3 is 10.1 Å². The lowest BCUT2D eigenvalue weighted by Crippen LogP contribution is -2.42. The molecule has 1 rings (SSSR count). The molecule has 0 aliphatic heterocycles. The summed E-state index contributed by atoms with van der Waals surface area (Å²) >= 11 is 0. The van der Waals surface area contributed by atoms with E-state index in [0.29, 0.717) is 12.1 Å². The molecule has 0 spiro atoms. The third-order valence-corrected chi connectivity index (χ3v) is 3.32. The topological polar surface area (TPSA) is 21.3 Å². The predicted octanol–water partition coefficient (Wildman–Crippen LogP) is 2.58. The van der Waals surface area contributed by atoms with E-state index in [1.165, 1.54) is 32.1 Å². The molecule has 2 heteroatoms. The van der Waals surface area contributed by atoms with E-state index in [1.54, 1.807) is 7.11 Å². The Labute approximate surface area is 88.4 Å². The molecule has 1 saturated carbocycles. The van der Waals surface area contributed by atoms with Gasteiger partial charge in [0.25, 0.3) is 0 Å². The standard InChI is InChI=1S/C12H25NO/c1-10(9-14-3)13-11(2)12-7-5-4-6-8-12/h10-13H,4-9H2,1-3H3/t10-,11-/m0/s1. The van der Waals surface area contributed by atoms with Crippen molar-refractivity contribution in [1.82, 2.24) is 5.32 Å². The van der Waals surface area contributed by atoms with Crippen molar-refractivity contribution in [2.24, 2.45) is 5.92 Å². The number of nitrogens with one attached hydrogen (secondary N) is 1. The first-order chi connectivity index (χ1) is 6.74. The quantitative estimate of drug-likeness (QED) is 0.735. The van der Waals surface area contributed by atoms with Gasteiger partial charge in [-0.1, -0.05) is 19.3 Å². The Morgan fingerprint density at radius 2 is 1.86 bits per heavy atom. The highest BCUT2D eigenvalue weighted by Crippen LogP contribution is 2.26. The third kappa shape index (κ3) is 3.97. The second-order valence-electron chi connectivity index (χ2n) is 4.71. The molecule has 0 amide bonds. The zero-order valence-corrected chi connectivity index (χ0v) is 9.88. The van der Waals surface area contributed by atoms with Gasteiger partial charge in [0.15, 0.2) is 0 Å². The van der Waals surface area contributed by atoms with Crippen LogP contribution in [0.5, 0.6) is 0 Å². The van der Waals surface area contributed by atoms with Gasteiger partial charge in [-0.2, -0.15) is 0 Å². The second-order valence-corrected chi connectivity index (χ2v) is 4.71. The van der Waals surface area contributed by atoms with E-state index >= 15 is 0 Å². The summed E-state index contributed by atoms with van der Waals surface area (Å²) in [6.45, 7) is 5.34. The van der Waals surface area contributed by atoms with Crippen LogP contribution in [0.25, 0.3) is 0 Å². The van der Waals surface area contributed by atoms with E-state index in [-0.39, 0.29) is 0 Å². The number of ether oxygens (including phenoxy) is 1. The minimum Gasteiger partial charge on any atom is -0.383 e. The third-order valence-electron chi connectivity index (χ3n) is 3.32. The van der Waals surface area contributed by atoms with Crippen molar-refractivity contribution in [3.05, 3.63) is 0 Å². The van der Waals surface area contributed by atoms with E-state index in [1.807, 2.05) is 0 Å². The van der Waals surface area contributed by atoms with Gasteiger partial charge in [-0.25, -0.2) is 0 Å². The molecule has 2 nitrogen and oxygen atoms in total. The van der Waals surface area contributed by atoms with Crippen LogP contribution in [0.1, 0.15) is 46.0 Å². The molecular formula is C12H25NO. The molecule has 0 radical (unpaired) electrons. The summed E-state index contributed by atoms with van der Waals surface area (Å²) in [5.41, 5.74) is 0. The fourth-order valence-corrected chi connectivity index (χ4v) is 2.52. The first-order valence-electron chi connectivity index (χ1n) is 5.99. The van der Waals surface area contributed by atoms with Gasteiger partial charge in [0, 0.05) is 19.2 Å². The summed E-state index contributed by atoms with van der Waals surface area (Å²) in [5, 5.41) is 3.63. The van der Waals surface area contributed by atoms with Gasteiger partial charge in [-0.15, -0.1) is 0 Å². The molecule has 1 N–H and O–H groups in total. The average molecular weight is 199 g/mol. The van der Waals surface area contributed by atoms with Gasteiger partial charge in [0.05, 0.1) is 6.61 Å². The van der Waals surface area contributed by atoms with Crippen LogP contribution in [0.2, 0.25) is 0 Å². The highest BCUT2D eigenvalue weighted by atomic mass is 16.5. The summed E-state index contributed by atoms with van der Waals surface area (Å²) in [6.07, 6.45) is 7.11. The lowest BCUT2D eigenvalue weighted by molar-refractivity contribution is 0.157. The fourth-order valence-electron chi connectivity index (χ4n) is 2.52. The van der Waals surface area contributed by atoms with Gasteiger partial charge >= 0.3 is 0 Å². The Balaban J connectivity index is 2.21. The maximum atomic E-state index is 5.13. The number of hydrogen-bond acceptors (Lipinski definition) is 2. The summed E-state index contributed by atoms with van der Waals surface area (Å²) in [6, 6.07) is 1.14. The smallest absolute Gasteiger partial charge is 0.0613 e. The maximum Gasteiger partial charge on any atom is 0.0613 e. The molecular weight excluding hydrogens is 174 g/mol. The highest BCUT2D eigenvalue weighted by Gasteiger charge is 2.20. The Morgan fingerprint density at radius 1 is 1.21 bits per heavy atom. The SMILES string of the molecule is COC[C@H](C)N[C@@H](C)C1CCCCC1. The van der Waals surface area contributed by atoms with Crippen molar-refractivity contribution in [2.75, 3.05) is 13.7 Å². The van der Waals surface area contributed by atoms with Crippen LogP contribution in [-0.2, 0) is 4.74 Å². The summed E-state index contributed by atoms with van der Waals surface area (Å²) in [4.78, 5) is 0. The molecule has 2 atom stereocenters. The average Bonchev–Trinajstić information content (AvgIpc) is 2.19. The molecule has 1 aliphatic rings. The van der Waals surface area contributed by atoms with Crippen molar-refractivity contribution in [1.29, 1.82) is 0 Å². The van der Waals surface area contributed by atoms with Crippen molar-refractivity contribution in [2.45, 2.75) is 58.0 Å². The normalized spacial score (nSPS) is 23.4. The lowest BCUT2D eigenvalue weighted by atomic mass is 9.84. The monoisotopic (exact) mass is 199 g/mol. The molecule has 1 fully saturated rings. The van der Waals surface area contributed by atoms with Gasteiger partial charge in [0.2, 0.25) is 0 Å². The molecule has 0 aromatic rings. The second kappa shape index (κ2) is 6.41. The van der Waals surface area contributed by atoms with E-state index in [4.69, 9.17) is 4.74 Å². The number of hydrogen-bond donors (Lipinski definition) is 1. The molecule has 1 aliphatic carbocycles. The van der Waals surface area contributed by atoms with Crippen LogP contribution in [-0.4, -0.2) is 25.8 Å². The zero-order valence-electron chi connectivity index (χ0n) is 9.88. The first-order valence-corrected chi connectivity index (χ1v) is 5.99. The molecule has 0 bridgehead atoms. The Bertz CT molecular complexity index is 143. The van der Waals surface area contributed by atoms with Crippen LogP contribution < -0.4 is 5.32 Å². The molecule has 0 unspecified atom stereocenters. The first kappa shape index (κ1) is 12.0. The lowest BCUT2D eigenvalue weighted by Gasteiger charge is -2.30. The van der Waals surface area contributed by atoms with Crippen LogP contribution in [0, 0.1) is 5.92 Å². The summed E-state index contributed by atoms with van der Waals surface area (Å²) in [7, 11) is 1.77. The van der Waals surface area contributed by atoms with Crippen molar-refractivity contribution in [3.63, 3.8) is 0 Å². The maximum absolute atomic E-state index is 5.13. The fraction of sp³-hybridized carbons (Fsp3) is 1.00. The molecule has 0 aromatic carbocycles. The Kier molecular flexibility index (Phi) is 5.49. The van der Waals surface area contributed by atoms with Crippen LogP contribution in [0.15, 0.2) is 0 Å². The van der Waals surface area contributed by atoms with Crippen LogP contribution in [0.4, 0.5) is 0 Å². The predicted molar refractivity (Wildman–Crippen MR) is 60.5 cm³/mol. The largest absolute Gasteiger partial charge is 0.383 e. The Hall–Kier alpha value is -0.0800. The van der Waals surface area contributed by atoms with Crippen LogP contribution in [0.3, 0.4) is 0 Å². The van der Waals surface area contributed by atoms with E-state index in [9.17, 15) is 0 Å². The molecule has 14 heavy (non-hydrogen) atoms. The highest BCUT2D eigenvalue weighted by molar-refractivity contribution is 4.77. The number of rotatable bonds is 5.